The lowest BCUT2D eigenvalue weighted by Gasteiger charge is -2.24. The molecule has 0 bridgehead atoms. The lowest BCUT2D eigenvalue weighted by molar-refractivity contribution is 0.464. The summed E-state index contributed by atoms with van der Waals surface area (Å²) in [4.78, 5) is 4.60. The van der Waals surface area contributed by atoms with Crippen LogP contribution in [-0.2, 0) is 10.0 Å². The van der Waals surface area contributed by atoms with Crippen LogP contribution in [0, 0.1) is 0 Å². The number of nitrogens with zero attached hydrogens (tertiary/aromatic N) is 1. The van der Waals surface area contributed by atoms with Crippen LogP contribution < -0.4 is 15.4 Å². The Morgan fingerprint density at radius 3 is 1.93 bits per heavy atom. The molecule has 7 heteroatoms. The highest BCUT2D eigenvalue weighted by atomic mass is 32.2. The Hall–Kier alpha value is -2.38. The summed E-state index contributed by atoms with van der Waals surface area (Å²) in [5.41, 5.74) is 1.77. The van der Waals surface area contributed by atoms with Crippen molar-refractivity contribution in [1.29, 1.82) is 0 Å². The lowest BCUT2D eigenvalue weighted by atomic mass is 9.91. The Labute approximate surface area is 174 Å². The van der Waals surface area contributed by atoms with Gasteiger partial charge in [0.2, 0.25) is 10.0 Å². The van der Waals surface area contributed by atoms with Gasteiger partial charge in [-0.2, -0.15) is 0 Å². The zero-order valence-electron chi connectivity index (χ0n) is 17.6. The van der Waals surface area contributed by atoms with Crippen LogP contribution in [0.15, 0.2) is 65.7 Å². The first-order valence-electron chi connectivity index (χ1n) is 9.81. The second-order valence-electron chi connectivity index (χ2n) is 7.71. The van der Waals surface area contributed by atoms with Crippen LogP contribution >= 0.6 is 0 Å². The van der Waals surface area contributed by atoms with Crippen molar-refractivity contribution in [3.05, 3.63) is 71.8 Å². The summed E-state index contributed by atoms with van der Waals surface area (Å²) < 4.78 is 25.7. The van der Waals surface area contributed by atoms with E-state index in [0.717, 1.165) is 6.26 Å². The molecule has 2 rings (SSSR count). The van der Waals surface area contributed by atoms with E-state index in [1.54, 1.807) is 0 Å². The molecular formula is C22H32N4O2S. The third-order valence-electron chi connectivity index (χ3n) is 4.32. The number of hydrogen-bond donors (Lipinski definition) is 3. The van der Waals surface area contributed by atoms with Crippen LogP contribution in [0.2, 0.25) is 0 Å². The monoisotopic (exact) mass is 416 g/mol. The summed E-state index contributed by atoms with van der Waals surface area (Å²) in [6, 6.07) is 20.7. The minimum absolute atomic E-state index is 0.170. The molecule has 0 aliphatic rings. The third kappa shape index (κ3) is 8.25. The van der Waals surface area contributed by atoms with Crippen molar-refractivity contribution in [3.63, 3.8) is 0 Å². The van der Waals surface area contributed by atoms with Gasteiger partial charge in [-0.15, -0.1) is 0 Å². The predicted octanol–water partition coefficient (Wildman–Crippen LogP) is 2.70. The summed E-state index contributed by atoms with van der Waals surface area (Å²) in [6.45, 7) is 7.34. The minimum Gasteiger partial charge on any atom is -0.357 e. The van der Waals surface area contributed by atoms with Crippen LogP contribution in [0.3, 0.4) is 0 Å². The molecular weight excluding hydrogens is 384 g/mol. The topological polar surface area (TPSA) is 82.6 Å². The van der Waals surface area contributed by atoms with Crippen molar-refractivity contribution in [3.8, 4) is 0 Å². The van der Waals surface area contributed by atoms with E-state index in [-0.39, 0.29) is 5.92 Å². The third-order valence-corrected chi connectivity index (χ3v) is 5.24. The van der Waals surface area contributed by atoms with Crippen molar-refractivity contribution in [2.45, 2.75) is 32.2 Å². The van der Waals surface area contributed by atoms with Gasteiger partial charge in [-0.3, -0.25) is 4.99 Å². The van der Waals surface area contributed by atoms with Gasteiger partial charge in [0, 0.05) is 24.5 Å². The van der Waals surface area contributed by atoms with Gasteiger partial charge >= 0.3 is 0 Å². The summed E-state index contributed by atoms with van der Waals surface area (Å²) in [7, 11) is -3.30. The first kappa shape index (κ1) is 22.9. The number of benzene rings is 2. The molecule has 0 aliphatic carbocycles. The minimum atomic E-state index is -3.30. The van der Waals surface area contributed by atoms with Crippen LogP contribution in [0.25, 0.3) is 0 Å². The molecule has 29 heavy (non-hydrogen) atoms. The highest BCUT2D eigenvalue weighted by molar-refractivity contribution is 7.88. The average Bonchev–Trinajstić information content (AvgIpc) is 2.66. The van der Waals surface area contributed by atoms with Gasteiger partial charge in [0.15, 0.2) is 5.96 Å². The predicted molar refractivity (Wildman–Crippen MR) is 121 cm³/mol. The Morgan fingerprint density at radius 2 is 1.48 bits per heavy atom. The Bertz CT molecular complexity index is 842. The molecule has 0 fully saturated rings. The van der Waals surface area contributed by atoms with Gasteiger partial charge in [0.05, 0.1) is 12.8 Å². The van der Waals surface area contributed by atoms with E-state index in [1.807, 2.05) is 57.2 Å². The number of sulfonamides is 1. The van der Waals surface area contributed by atoms with Crippen LogP contribution in [0.1, 0.15) is 37.8 Å². The summed E-state index contributed by atoms with van der Waals surface area (Å²) >= 11 is 0. The maximum Gasteiger partial charge on any atom is 0.209 e. The van der Waals surface area contributed by atoms with Gasteiger partial charge < -0.3 is 10.6 Å². The number of hydrogen-bond acceptors (Lipinski definition) is 3. The number of nitrogens with one attached hydrogen (secondary N) is 3. The van der Waals surface area contributed by atoms with Gasteiger partial charge in [0.1, 0.15) is 0 Å². The number of guanidine groups is 1. The fourth-order valence-electron chi connectivity index (χ4n) is 3.15. The lowest BCUT2D eigenvalue weighted by Crippen LogP contribution is -2.47. The van der Waals surface area contributed by atoms with E-state index in [9.17, 15) is 8.42 Å². The van der Waals surface area contributed by atoms with Crippen molar-refractivity contribution in [2.24, 2.45) is 4.99 Å². The molecule has 0 saturated carbocycles. The highest BCUT2D eigenvalue weighted by Crippen LogP contribution is 2.23. The molecule has 0 atom stereocenters. The van der Waals surface area contributed by atoms with E-state index in [1.165, 1.54) is 11.1 Å². The normalized spacial score (nSPS) is 12.8. The van der Waals surface area contributed by atoms with Crippen LogP contribution in [0.4, 0.5) is 0 Å². The molecule has 158 valence electrons. The summed E-state index contributed by atoms with van der Waals surface area (Å²) in [5.74, 6) is 0.830. The SMILES string of the molecule is CCNC(=NCC(C)(C)NS(C)(=O)=O)NCC(c1ccccc1)c1ccccc1. The molecule has 0 aliphatic heterocycles. The molecule has 2 aromatic rings. The first-order chi connectivity index (χ1) is 13.7. The van der Waals surface area contributed by atoms with Crippen LogP contribution in [-0.4, -0.2) is 45.8 Å². The molecule has 0 spiro atoms. The quantitative estimate of drug-likeness (QED) is 0.434. The Balaban J connectivity index is 2.15. The first-order valence-corrected chi connectivity index (χ1v) is 11.7. The maximum atomic E-state index is 11.6. The summed E-state index contributed by atoms with van der Waals surface area (Å²) in [6.07, 6.45) is 1.16. The molecule has 0 unspecified atom stereocenters. The van der Waals surface area contributed by atoms with E-state index in [2.05, 4.69) is 44.6 Å². The largest absolute Gasteiger partial charge is 0.357 e. The van der Waals surface area contributed by atoms with E-state index in [0.29, 0.717) is 25.6 Å². The second-order valence-corrected chi connectivity index (χ2v) is 9.46. The molecule has 0 aromatic heterocycles. The molecule has 3 N–H and O–H groups in total. The zero-order valence-corrected chi connectivity index (χ0v) is 18.5. The Kier molecular flexibility index (Phi) is 8.22. The average molecular weight is 417 g/mol. The number of aliphatic imine (C=N–C) groups is 1. The van der Waals surface area contributed by atoms with Crippen molar-refractivity contribution < 1.29 is 8.42 Å². The van der Waals surface area contributed by atoms with E-state index >= 15 is 0 Å². The van der Waals surface area contributed by atoms with Gasteiger partial charge in [-0.1, -0.05) is 60.7 Å². The maximum absolute atomic E-state index is 11.6. The van der Waals surface area contributed by atoms with Gasteiger partial charge in [-0.05, 0) is 31.9 Å². The smallest absolute Gasteiger partial charge is 0.209 e. The van der Waals surface area contributed by atoms with E-state index in [4.69, 9.17) is 0 Å². The number of rotatable bonds is 9. The fraction of sp³-hybridized carbons (Fsp3) is 0.409. The fourth-order valence-corrected chi connectivity index (χ4v) is 4.22. The van der Waals surface area contributed by atoms with Crippen molar-refractivity contribution in [1.82, 2.24) is 15.4 Å². The molecule has 0 heterocycles. The molecule has 0 radical (unpaired) electrons. The zero-order chi connectivity index (χ0) is 21.3. The molecule has 0 saturated heterocycles. The van der Waals surface area contributed by atoms with Crippen molar-refractivity contribution >= 4 is 16.0 Å². The van der Waals surface area contributed by atoms with E-state index < -0.39 is 15.6 Å². The second kappa shape index (κ2) is 10.4. The standard InChI is InChI=1S/C22H32N4O2S/c1-5-23-21(25-17-22(2,3)26-29(4,27)28)24-16-20(18-12-8-6-9-13-18)19-14-10-7-11-15-19/h6-15,20,26H,5,16-17H2,1-4H3,(H2,23,24,25). The van der Waals surface area contributed by atoms with Crippen LogP contribution in [0.5, 0.6) is 0 Å². The summed E-state index contributed by atoms with van der Waals surface area (Å²) in [5, 5.41) is 6.65. The Morgan fingerprint density at radius 1 is 0.966 bits per heavy atom. The van der Waals surface area contributed by atoms with Gasteiger partial charge in [0.25, 0.3) is 0 Å². The molecule has 2 aromatic carbocycles. The highest BCUT2D eigenvalue weighted by Gasteiger charge is 2.22. The molecule has 0 amide bonds. The van der Waals surface area contributed by atoms with Crippen molar-refractivity contribution in [2.75, 3.05) is 25.9 Å². The van der Waals surface area contributed by atoms with Gasteiger partial charge in [-0.25, -0.2) is 13.1 Å². The molecule has 6 nitrogen and oxygen atoms in total.